The van der Waals surface area contributed by atoms with Crippen LogP contribution in [0.1, 0.15) is 18.2 Å². The fraction of sp³-hybridized carbons (Fsp3) is 0.412. The van der Waals surface area contributed by atoms with E-state index < -0.39 is 12.8 Å². The molecule has 0 atom stereocenters. The Morgan fingerprint density at radius 3 is 2.67 bits per heavy atom. The molecule has 0 saturated carbocycles. The Morgan fingerprint density at radius 1 is 1.26 bits per heavy atom. The number of ether oxygens (including phenoxy) is 1. The van der Waals surface area contributed by atoms with Gasteiger partial charge in [-0.1, -0.05) is 12.1 Å². The lowest BCUT2D eigenvalue weighted by molar-refractivity contribution is -0.153. The second kappa shape index (κ2) is 11.0. The van der Waals surface area contributed by atoms with Crippen molar-refractivity contribution in [2.45, 2.75) is 26.2 Å². The highest BCUT2D eigenvalue weighted by molar-refractivity contribution is 14.0. The first-order chi connectivity index (χ1) is 12.4. The number of aryl methyl sites for hydroxylation is 1. The first kappa shape index (κ1) is 23.1. The molecule has 1 aromatic heterocycles. The molecular formula is C17H23F3IN5O. The van der Waals surface area contributed by atoms with Crippen molar-refractivity contribution in [2.24, 2.45) is 12.0 Å². The van der Waals surface area contributed by atoms with Gasteiger partial charge in [-0.2, -0.15) is 18.3 Å². The maximum Gasteiger partial charge on any atom is 0.422 e. The molecule has 0 saturated heterocycles. The normalized spacial score (nSPS) is 11.7. The number of nitrogens with zero attached hydrogens (tertiary/aromatic N) is 3. The highest BCUT2D eigenvalue weighted by atomic mass is 127. The summed E-state index contributed by atoms with van der Waals surface area (Å²) < 4.78 is 43.2. The van der Waals surface area contributed by atoms with Crippen molar-refractivity contribution < 1.29 is 17.9 Å². The van der Waals surface area contributed by atoms with Gasteiger partial charge < -0.3 is 15.4 Å². The van der Waals surface area contributed by atoms with E-state index in [2.05, 4.69) is 20.7 Å². The van der Waals surface area contributed by atoms with E-state index in [-0.39, 0.29) is 29.7 Å². The van der Waals surface area contributed by atoms with Gasteiger partial charge >= 0.3 is 6.18 Å². The molecule has 0 bridgehead atoms. The monoisotopic (exact) mass is 497 g/mol. The first-order valence-electron chi connectivity index (χ1n) is 8.15. The van der Waals surface area contributed by atoms with Crippen molar-refractivity contribution in [3.05, 3.63) is 47.8 Å². The van der Waals surface area contributed by atoms with Crippen LogP contribution >= 0.6 is 24.0 Å². The van der Waals surface area contributed by atoms with Crippen LogP contribution in [-0.2, 0) is 20.1 Å². The van der Waals surface area contributed by atoms with Gasteiger partial charge in [0.2, 0.25) is 0 Å². The molecule has 0 aliphatic carbocycles. The minimum absolute atomic E-state index is 0. The van der Waals surface area contributed by atoms with Crippen molar-refractivity contribution in [1.29, 1.82) is 0 Å². The van der Waals surface area contributed by atoms with Crippen LogP contribution in [0.15, 0.2) is 41.5 Å². The van der Waals surface area contributed by atoms with Crippen molar-refractivity contribution in [3.8, 4) is 5.75 Å². The van der Waals surface area contributed by atoms with E-state index in [0.29, 0.717) is 25.6 Å². The Bertz CT molecular complexity index is 733. The molecule has 6 nitrogen and oxygen atoms in total. The number of rotatable bonds is 7. The zero-order valence-electron chi connectivity index (χ0n) is 15.1. The summed E-state index contributed by atoms with van der Waals surface area (Å²) in [6.45, 7) is 2.19. The number of aromatic nitrogens is 2. The van der Waals surface area contributed by atoms with Gasteiger partial charge in [0.15, 0.2) is 12.6 Å². The van der Waals surface area contributed by atoms with Gasteiger partial charge in [0, 0.05) is 19.8 Å². The van der Waals surface area contributed by atoms with Crippen LogP contribution in [0.25, 0.3) is 0 Å². The molecule has 2 aromatic rings. The molecule has 0 radical (unpaired) electrons. The lowest BCUT2D eigenvalue weighted by Gasteiger charge is -2.12. The summed E-state index contributed by atoms with van der Waals surface area (Å²) in [4.78, 5) is 4.45. The van der Waals surface area contributed by atoms with Crippen LogP contribution in [0, 0.1) is 0 Å². The standard InChI is InChI=1S/C17H22F3N5O.HI/c1-3-21-16(23-11-14-7-8-24-25(14)2)22-10-13-5-4-6-15(9-13)26-12-17(18,19)20;/h4-9H,3,10-12H2,1-2H3,(H2,21,22,23);1H. The third-order valence-electron chi connectivity index (χ3n) is 3.42. The third-order valence-corrected chi connectivity index (χ3v) is 3.42. The highest BCUT2D eigenvalue weighted by Crippen LogP contribution is 2.19. The van der Waals surface area contributed by atoms with Crippen LogP contribution in [0.3, 0.4) is 0 Å². The highest BCUT2D eigenvalue weighted by Gasteiger charge is 2.28. The topological polar surface area (TPSA) is 63.5 Å². The Kier molecular flexibility index (Phi) is 9.39. The van der Waals surface area contributed by atoms with E-state index in [4.69, 9.17) is 4.74 Å². The van der Waals surface area contributed by atoms with Gasteiger partial charge in [-0.25, -0.2) is 4.99 Å². The number of benzene rings is 1. The molecule has 27 heavy (non-hydrogen) atoms. The van der Waals surface area contributed by atoms with Crippen molar-refractivity contribution in [1.82, 2.24) is 20.4 Å². The lowest BCUT2D eigenvalue weighted by atomic mass is 10.2. The van der Waals surface area contributed by atoms with Gasteiger partial charge in [0.25, 0.3) is 0 Å². The zero-order chi connectivity index (χ0) is 19.0. The smallest absolute Gasteiger partial charge is 0.422 e. The van der Waals surface area contributed by atoms with E-state index in [9.17, 15) is 13.2 Å². The van der Waals surface area contributed by atoms with E-state index in [1.165, 1.54) is 6.07 Å². The average Bonchev–Trinajstić information content (AvgIpc) is 3.00. The second-order valence-corrected chi connectivity index (χ2v) is 5.55. The maximum absolute atomic E-state index is 12.2. The summed E-state index contributed by atoms with van der Waals surface area (Å²) in [6, 6.07) is 8.38. The molecule has 1 aromatic carbocycles. The van der Waals surface area contributed by atoms with Gasteiger partial charge in [-0.05, 0) is 30.7 Å². The first-order valence-corrected chi connectivity index (χ1v) is 8.15. The van der Waals surface area contributed by atoms with Crippen LogP contribution in [0.5, 0.6) is 5.75 Å². The molecule has 10 heteroatoms. The van der Waals surface area contributed by atoms with Gasteiger partial charge in [-0.3, -0.25) is 4.68 Å². The summed E-state index contributed by atoms with van der Waals surface area (Å²) in [5.74, 6) is 0.776. The zero-order valence-corrected chi connectivity index (χ0v) is 17.4. The molecule has 0 unspecified atom stereocenters. The van der Waals surface area contributed by atoms with Gasteiger partial charge in [0.05, 0.1) is 18.8 Å². The summed E-state index contributed by atoms with van der Waals surface area (Å²) in [6.07, 6.45) is -2.64. The number of nitrogens with one attached hydrogen (secondary N) is 2. The molecule has 0 fully saturated rings. The molecule has 0 aliphatic rings. The molecule has 0 amide bonds. The molecule has 1 heterocycles. The van der Waals surface area contributed by atoms with Crippen LogP contribution in [-0.4, -0.2) is 35.1 Å². The Balaban J connectivity index is 0.00000364. The number of hydrogen-bond donors (Lipinski definition) is 2. The maximum atomic E-state index is 12.2. The minimum Gasteiger partial charge on any atom is -0.484 e. The van der Waals surface area contributed by atoms with Crippen LogP contribution in [0.4, 0.5) is 13.2 Å². The summed E-state index contributed by atoms with van der Waals surface area (Å²) in [5, 5.41) is 10.4. The minimum atomic E-state index is -4.36. The van der Waals surface area contributed by atoms with Crippen LogP contribution in [0.2, 0.25) is 0 Å². The van der Waals surface area contributed by atoms with Crippen LogP contribution < -0.4 is 15.4 Å². The molecule has 2 rings (SSSR count). The largest absolute Gasteiger partial charge is 0.484 e. The summed E-state index contributed by atoms with van der Waals surface area (Å²) in [7, 11) is 1.85. The van der Waals surface area contributed by atoms with E-state index in [1.54, 1.807) is 29.1 Å². The Labute approximate surface area is 173 Å². The molecule has 0 aliphatic heterocycles. The number of alkyl halides is 3. The van der Waals surface area contributed by atoms with Crippen molar-refractivity contribution in [3.63, 3.8) is 0 Å². The number of halogens is 4. The quantitative estimate of drug-likeness (QED) is 0.351. The van der Waals surface area contributed by atoms with Crippen molar-refractivity contribution >= 4 is 29.9 Å². The summed E-state index contributed by atoms with van der Waals surface area (Å²) >= 11 is 0. The molecular weight excluding hydrogens is 474 g/mol. The SMILES string of the molecule is CCNC(=NCc1cccc(OCC(F)(F)F)c1)NCc1ccnn1C.I. The molecule has 0 spiro atoms. The number of aliphatic imine (C=N–C) groups is 1. The third kappa shape index (κ3) is 8.50. The predicted molar refractivity (Wildman–Crippen MR) is 108 cm³/mol. The summed E-state index contributed by atoms with van der Waals surface area (Å²) in [5.41, 5.74) is 1.75. The molecule has 150 valence electrons. The van der Waals surface area contributed by atoms with Crippen molar-refractivity contribution in [2.75, 3.05) is 13.2 Å². The predicted octanol–water partition coefficient (Wildman–Crippen LogP) is 3.23. The fourth-order valence-electron chi connectivity index (χ4n) is 2.16. The fourth-order valence-corrected chi connectivity index (χ4v) is 2.16. The Hall–Kier alpha value is -1.98. The van der Waals surface area contributed by atoms with E-state index >= 15 is 0 Å². The lowest BCUT2D eigenvalue weighted by Crippen LogP contribution is -2.37. The molecule has 2 N–H and O–H groups in total. The number of guanidine groups is 1. The number of hydrogen-bond acceptors (Lipinski definition) is 3. The second-order valence-electron chi connectivity index (χ2n) is 5.55. The Morgan fingerprint density at radius 2 is 2.04 bits per heavy atom. The average molecular weight is 497 g/mol. The van der Waals surface area contributed by atoms with E-state index in [0.717, 1.165) is 11.3 Å². The van der Waals surface area contributed by atoms with Gasteiger partial charge in [-0.15, -0.1) is 24.0 Å². The van der Waals surface area contributed by atoms with E-state index in [1.807, 2.05) is 20.0 Å². The van der Waals surface area contributed by atoms with Gasteiger partial charge in [0.1, 0.15) is 5.75 Å².